The van der Waals surface area contributed by atoms with Gasteiger partial charge in [-0.15, -0.1) is 0 Å². The average molecular weight is 390 g/mol. The SMILES string of the molecule is O=C(COC(=O)CC12CC3CC(CC(C3)C1)C2)Nc1ccc(F)c([N+](=O)[O-])c1. The lowest BCUT2D eigenvalue weighted by Gasteiger charge is -2.56. The fourth-order valence-corrected chi connectivity index (χ4v) is 5.94. The topological polar surface area (TPSA) is 98.5 Å². The number of hydrogen-bond donors (Lipinski definition) is 1. The highest BCUT2D eigenvalue weighted by Crippen LogP contribution is 2.61. The van der Waals surface area contributed by atoms with Crippen molar-refractivity contribution in [1.82, 2.24) is 0 Å². The smallest absolute Gasteiger partial charge is 0.306 e. The van der Waals surface area contributed by atoms with E-state index in [1.54, 1.807) is 0 Å². The monoisotopic (exact) mass is 390 g/mol. The van der Waals surface area contributed by atoms with Gasteiger partial charge in [-0.3, -0.25) is 19.7 Å². The zero-order valence-electron chi connectivity index (χ0n) is 15.5. The maximum Gasteiger partial charge on any atom is 0.306 e. The Hall–Kier alpha value is -2.51. The Morgan fingerprint density at radius 1 is 1.18 bits per heavy atom. The summed E-state index contributed by atoms with van der Waals surface area (Å²) < 4.78 is 18.5. The summed E-state index contributed by atoms with van der Waals surface area (Å²) in [6, 6.07) is 3.06. The minimum absolute atomic E-state index is 0.0415. The Labute approximate surface area is 161 Å². The van der Waals surface area contributed by atoms with Crippen molar-refractivity contribution >= 4 is 23.3 Å². The number of nitrogens with one attached hydrogen (secondary N) is 1. The number of rotatable bonds is 6. The molecule has 1 aromatic carbocycles. The molecule has 4 bridgehead atoms. The molecule has 0 heterocycles. The molecule has 150 valence electrons. The first-order valence-electron chi connectivity index (χ1n) is 9.71. The fraction of sp³-hybridized carbons (Fsp3) is 0.600. The number of carbonyl (C=O) groups is 2. The Balaban J connectivity index is 1.29. The number of amides is 1. The molecule has 4 aliphatic carbocycles. The van der Waals surface area contributed by atoms with E-state index in [0.29, 0.717) is 6.42 Å². The van der Waals surface area contributed by atoms with Crippen LogP contribution in [0.25, 0.3) is 0 Å². The highest BCUT2D eigenvalue weighted by Gasteiger charge is 2.51. The Bertz CT molecular complexity index is 790. The lowest BCUT2D eigenvalue weighted by atomic mass is 9.49. The Kier molecular flexibility index (Phi) is 4.81. The summed E-state index contributed by atoms with van der Waals surface area (Å²) in [5, 5.41) is 13.2. The predicted molar refractivity (Wildman–Crippen MR) is 97.9 cm³/mol. The van der Waals surface area contributed by atoms with Crippen molar-refractivity contribution < 1.29 is 23.6 Å². The summed E-state index contributed by atoms with van der Waals surface area (Å²) in [5.74, 6) is 0.233. The second-order valence-corrected chi connectivity index (χ2v) is 8.73. The Morgan fingerprint density at radius 3 is 2.36 bits per heavy atom. The van der Waals surface area contributed by atoms with Gasteiger partial charge in [-0.2, -0.15) is 4.39 Å². The van der Waals surface area contributed by atoms with Crippen LogP contribution in [-0.4, -0.2) is 23.4 Å². The second-order valence-electron chi connectivity index (χ2n) is 8.73. The molecule has 1 N–H and O–H groups in total. The van der Waals surface area contributed by atoms with E-state index in [9.17, 15) is 24.1 Å². The van der Waals surface area contributed by atoms with Crippen molar-refractivity contribution in [1.29, 1.82) is 0 Å². The van der Waals surface area contributed by atoms with Crippen LogP contribution < -0.4 is 5.32 Å². The number of nitro groups is 1. The first-order valence-corrected chi connectivity index (χ1v) is 9.71. The molecule has 0 aromatic heterocycles. The standard InChI is InChI=1S/C20H23FN2O5/c21-16-2-1-15(6-17(16)23(26)27)22-18(24)11-28-19(25)10-20-7-12-3-13(8-20)5-14(4-12)9-20/h1-2,6,12-14H,3-5,7-11H2,(H,22,24). The van der Waals surface area contributed by atoms with Crippen molar-refractivity contribution in [3.63, 3.8) is 0 Å². The fourth-order valence-electron chi connectivity index (χ4n) is 5.94. The highest BCUT2D eigenvalue weighted by atomic mass is 19.1. The van der Waals surface area contributed by atoms with Gasteiger partial charge >= 0.3 is 11.7 Å². The lowest BCUT2D eigenvalue weighted by Crippen LogP contribution is -2.47. The van der Waals surface area contributed by atoms with Crippen LogP contribution in [0.2, 0.25) is 0 Å². The number of ether oxygens (including phenoxy) is 1. The minimum Gasteiger partial charge on any atom is -0.456 e. The van der Waals surface area contributed by atoms with Crippen molar-refractivity contribution in [2.45, 2.75) is 44.9 Å². The molecule has 0 atom stereocenters. The quantitative estimate of drug-likeness (QED) is 0.452. The molecule has 4 saturated carbocycles. The van der Waals surface area contributed by atoms with Crippen molar-refractivity contribution in [3.8, 4) is 0 Å². The molecule has 4 aliphatic rings. The number of esters is 1. The van der Waals surface area contributed by atoms with Crippen LogP contribution in [0.3, 0.4) is 0 Å². The largest absolute Gasteiger partial charge is 0.456 e. The van der Waals surface area contributed by atoms with Crippen LogP contribution in [0.5, 0.6) is 0 Å². The summed E-state index contributed by atoms with van der Waals surface area (Å²) >= 11 is 0. The first kappa shape index (κ1) is 18.8. The van der Waals surface area contributed by atoms with Gasteiger partial charge in [0.05, 0.1) is 11.3 Å². The number of benzene rings is 1. The molecular formula is C20H23FN2O5. The maximum atomic E-state index is 13.3. The summed E-state index contributed by atoms with van der Waals surface area (Å²) in [5.41, 5.74) is -0.605. The molecule has 5 rings (SSSR count). The van der Waals surface area contributed by atoms with Crippen molar-refractivity contribution in [3.05, 3.63) is 34.1 Å². The molecule has 8 heteroatoms. The van der Waals surface area contributed by atoms with E-state index in [1.807, 2.05) is 0 Å². The van der Waals surface area contributed by atoms with Gasteiger partial charge in [0, 0.05) is 11.8 Å². The van der Waals surface area contributed by atoms with E-state index in [1.165, 1.54) is 25.3 Å². The molecule has 0 aliphatic heterocycles. The van der Waals surface area contributed by atoms with E-state index in [0.717, 1.165) is 49.1 Å². The van der Waals surface area contributed by atoms with E-state index in [-0.39, 0.29) is 17.1 Å². The average Bonchev–Trinajstić information content (AvgIpc) is 2.60. The normalized spacial score (nSPS) is 30.1. The zero-order chi connectivity index (χ0) is 19.9. The van der Waals surface area contributed by atoms with Crippen LogP contribution in [0.1, 0.15) is 44.9 Å². The van der Waals surface area contributed by atoms with Crippen LogP contribution in [0.4, 0.5) is 15.8 Å². The number of halogens is 1. The Morgan fingerprint density at radius 2 is 1.79 bits per heavy atom. The van der Waals surface area contributed by atoms with Gasteiger partial charge in [-0.1, -0.05) is 0 Å². The second kappa shape index (κ2) is 7.14. The zero-order valence-corrected chi connectivity index (χ0v) is 15.5. The molecule has 0 unspecified atom stereocenters. The highest BCUT2D eigenvalue weighted by molar-refractivity contribution is 5.93. The number of hydrogen-bond acceptors (Lipinski definition) is 5. The van der Waals surface area contributed by atoms with E-state index >= 15 is 0 Å². The molecule has 4 fully saturated rings. The van der Waals surface area contributed by atoms with Gasteiger partial charge in [0.1, 0.15) is 0 Å². The molecular weight excluding hydrogens is 367 g/mol. The summed E-state index contributed by atoms with van der Waals surface area (Å²) in [4.78, 5) is 34.2. The number of anilines is 1. The molecule has 0 radical (unpaired) electrons. The van der Waals surface area contributed by atoms with E-state index in [2.05, 4.69) is 5.32 Å². The van der Waals surface area contributed by atoms with Gasteiger partial charge in [-0.25, -0.2) is 0 Å². The molecule has 28 heavy (non-hydrogen) atoms. The summed E-state index contributed by atoms with van der Waals surface area (Å²) in [6.07, 6.45) is 7.48. The third-order valence-electron chi connectivity index (χ3n) is 6.48. The van der Waals surface area contributed by atoms with Crippen LogP contribution >= 0.6 is 0 Å². The van der Waals surface area contributed by atoms with Crippen LogP contribution in [-0.2, 0) is 14.3 Å². The van der Waals surface area contributed by atoms with Crippen molar-refractivity contribution in [2.75, 3.05) is 11.9 Å². The van der Waals surface area contributed by atoms with E-state index < -0.39 is 28.9 Å². The number of nitrogens with zero attached hydrogens (tertiary/aromatic N) is 1. The molecule has 0 spiro atoms. The third-order valence-corrected chi connectivity index (χ3v) is 6.48. The summed E-state index contributed by atoms with van der Waals surface area (Å²) in [6.45, 7) is -0.462. The summed E-state index contributed by atoms with van der Waals surface area (Å²) in [7, 11) is 0. The first-order chi connectivity index (χ1) is 13.3. The lowest BCUT2D eigenvalue weighted by molar-refractivity contribution is -0.387. The number of carbonyl (C=O) groups excluding carboxylic acids is 2. The van der Waals surface area contributed by atoms with Gasteiger partial charge in [0.15, 0.2) is 6.61 Å². The van der Waals surface area contributed by atoms with Gasteiger partial charge in [-0.05, 0) is 73.8 Å². The van der Waals surface area contributed by atoms with E-state index in [4.69, 9.17) is 4.74 Å². The molecule has 1 aromatic rings. The minimum atomic E-state index is -0.981. The molecule has 1 amide bonds. The number of nitro benzene ring substituents is 1. The van der Waals surface area contributed by atoms with Crippen LogP contribution in [0.15, 0.2) is 18.2 Å². The maximum absolute atomic E-state index is 13.3. The predicted octanol–water partition coefficient (Wildman–Crippen LogP) is 3.82. The van der Waals surface area contributed by atoms with Gasteiger partial charge < -0.3 is 10.1 Å². The van der Waals surface area contributed by atoms with Gasteiger partial charge in [0.25, 0.3) is 5.91 Å². The molecule has 7 nitrogen and oxygen atoms in total. The van der Waals surface area contributed by atoms with Crippen molar-refractivity contribution in [2.24, 2.45) is 23.2 Å². The van der Waals surface area contributed by atoms with Crippen LogP contribution in [0, 0.1) is 39.1 Å². The third kappa shape index (κ3) is 3.86. The van der Waals surface area contributed by atoms with Gasteiger partial charge in [0.2, 0.25) is 5.82 Å². The molecule has 0 saturated heterocycles.